The summed E-state index contributed by atoms with van der Waals surface area (Å²) in [6.45, 7) is 2.84. The minimum Gasteiger partial charge on any atom is -0.368 e. The van der Waals surface area contributed by atoms with Gasteiger partial charge in [-0.1, -0.05) is 18.2 Å². The molecule has 8 heteroatoms. The molecule has 2 unspecified atom stereocenters. The van der Waals surface area contributed by atoms with E-state index in [0.29, 0.717) is 33.3 Å². The molecule has 3 heterocycles. The molecule has 0 aliphatic carbocycles. The van der Waals surface area contributed by atoms with Crippen LogP contribution in [0.25, 0.3) is 22.2 Å². The summed E-state index contributed by atoms with van der Waals surface area (Å²) in [6.07, 6.45) is 1.85. The Morgan fingerprint density at radius 2 is 2.10 bits per heavy atom. The van der Waals surface area contributed by atoms with Crippen molar-refractivity contribution >= 4 is 24.7 Å². The summed E-state index contributed by atoms with van der Waals surface area (Å²) in [7, 11) is 5.98. The molecular formula is C21H19BFN3O3. The molecule has 2 aliphatic heterocycles. The van der Waals surface area contributed by atoms with Gasteiger partial charge in [-0.05, 0) is 44.5 Å². The molecule has 1 amide bonds. The Balaban J connectivity index is 1.72. The third-order valence-electron chi connectivity index (χ3n) is 5.95. The van der Waals surface area contributed by atoms with Gasteiger partial charge in [0.25, 0.3) is 5.91 Å². The number of hydrogen-bond acceptors (Lipinski definition) is 4. The van der Waals surface area contributed by atoms with Gasteiger partial charge in [0.2, 0.25) is 0 Å². The number of hydrogen-bond donors (Lipinski definition) is 4. The molecule has 4 N–H and O–H groups in total. The molecule has 0 bridgehead atoms. The molecule has 0 spiro atoms. The maximum Gasteiger partial charge on any atom is 0.275 e. The van der Waals surface area contributed by atoms with Gasteiger partial charge < -0.3 is 15.4 Å². The Kier molecular flexibility index (Phi) is 3.90. The predicted molar refractivity (Wildman–Crippen MR) is 106 cm³/mol. The maximum absolute atomic E-state index is 15.1. The van der Waals surface area contributed by atoms with Crippen LogP contribution < -0.4 is 10.8 Å². The molecule has 2 aliphatic rings. The third kappa shape index (κ3) is 2.71. The van der Waals surface area contributed by atoms with Gasteiger partial charge in [-0.3, -0.25) is 4.79 Å². The van der Waals surface area contributed by atoms with E-state index in [4.69, 9.17) is 12.7 Å². The van der Waals surface area contributed by atoms with Crippen LogP contribution in [0.2, 0.25) is 0 Å². The second kappa shape index (κ2) is 6.16. The van der Waals surface area contributed by atoms with Crippen LogP contribution in [0.3, 0.4) is 0 Å². The fraction of sp³-hybridized carbons (Fsp3) is 0.286. The van der Waals surface area contributed by atoms with Gasteiger partial charge in [0.05, 0.1) is 11.3 Å². The smallest absolute Gasteiger partial charge is 0.275 e. The lowest BCUT2D eigenvalue weighted by Gasteiger charge is -2.26. The highest BCUT2D eigenvalue weighted by Gasteiger charge is 2.37. The number of rotatable bonds is 2. The van der Waals surface area contributed by atoms with Gasteiger partial charge in [-0.25, -0.2) is 14.7 Å². The van der Waals surface area contributed by atoms with E-state index in [1.165, 1.54) is 6.07 Å². The van der Waals surface area contributed by atoms with Crippen LogP contribution in [0.15, 0.2) is 36.4 Å². The normalized spacial score (nSPS) is 26.5. The minimum atomic E-state index is -2.29. The van der Waals surface area contributed by atoms with E-state index in [9.17, 15) is 9.90 Å². The summed E-state index contributed by atoms with van der Waals surface area (Å²) in [5, 5.41) is 14.5. The van der Waals surface area contributed by atoms with E-state index < -0.39 is 17.1 Å². The minimum absolute atomic E-state index is 0.179. The quantitative estimate of drug-likeness (QED) is 0.506. The molecule has 146 valence electrons. The van der Waals surface area contributed by atoms with Crippen LogP contribution in [0.5, 0.6) is 0 Å². The average molecular weight is 391 g/mol. The van der Waals surface area contributed by atoms with Crippen LogP contribution in [-0.2, 0) is 16.1 Å². The van der Waals surface area contributed by atoms with Gasteiger partial charge in [-0.2, -0.15) is 0 Å². The summed E-state index contributed by atoms with van der Waals surface area (Å²) < 4.78 is 15.1. The average Bonchev–Trinajstić information content (AvgIpc) is 3.28. The van der Waals surface area contributed by atoms with Crippen LogP contribution in [0, 0.1) is 5.82 Å². The molecule has 1 saturated heterocycles. The molecule has 3 aromatic rings. The van der Waals surface area contributed by atoms with Gasteiger partial charge in [0, 0.05) is 33.1 Å². The highest BCUT2D eigenvalue weighted by atomic mass is 19.1. The molecule has 1 aromatic heterocycles. The standard InChI is InChI=1S/C21H19BFN3O3/c1-20(8-3-9-24-20)13-7-6-11(10-14(13)23)18-17-16-12(4-2-5-15(16)25-18)19(27)26-29-21(17,22)28/h2,4-7,10,24-25,28H,3,8-9H2,1H3,(H,26,27). The molecule has 2 radical (unpaired) electrons. The Bertz CT molecular complexity index is 1150. The number of carbonyl (C=O) groups is 1. The number of halogens is 1. The second-order valence-corrected chi connectivity index (χ2v) is 7.89. The molecular weight excluding hydrogens is 372 g/mol. The van der Waals surface area contributed by atoms with Gasteiger partial charge in [0.15, 0.2) is 13.5 Å². The number of nitrogens with one attached hydrogen (secondary N) is 3. The topological polar surface area (TPSA) is 86.4 Å². The second-order valence-electron chi connectivity index (χ2n) is 7.89. The number of hydroxylamine groups is 1. The molecule has 29 heavy (non-hydrogen) atoms. The number of aromatic amines is 1. The van der Waals surface area contributed by atoms with E-state index in [-0.39, 0.29) is 11.4 Å². The Morgan fingerprint density at radius 3 is 2.83 bits per heavy atom. The number of amides is 1. The van der Waals surface area contributed by atoms with Crippen molar-refractivity contribution in [2.75, 3.05) is 6.54 Å². The van der Waals surface area contributed by atoms with Crippen molar-refractivity contribution in [2.24, 2.45) is 0 Å². The number of carbonyl (C=O) groups excluding carboxylic acids is 1. The first-order chi connectivity index (χ1) is 13.8. The van der Waals surface area contributed by atoms with Crippen molar-refractivity contribution < 1.29 is 19.1 Å². The van der Waals surface area contributed by atoms with Crippen molar-refractivity contribution in [2.45, 2.75) is 31.0 Å². The first-order valence-electron chi connectivity index (χ1n) is 9.50. The molecule has 2 aromatic carbocycles. The lowest BCUT2D eigenvalue weighted by molar-refractivity contribution is -0.174. The highest BCUT2D eigenvalue weighted by Crippen LogP contribution is 2.41. The van der Waals surface area contributed by atoms with Crippen molar-refractivity contribution in [3.05, 3.63) is 58.9 Å². The van der Waals surface area contributed by atoms with Crippen molar-refractivity contribution in [1.82, 2.24) is 15.8 Å². The Morgan fingerprint density at radius 1 is 1.28 bits per heavy atom. The lowest BCUT2D eigenvalue weighted by atomic mass is 9.83. The van der Waals surface area contributed by atoms with E-state index in [1.807, 2.05) is 6.92 Å². The number of H-pyrrole nitrogens is 1. The van der Waals surface area contributed by atoms with E-state index in [1.54, 1.807) is 30.3 Å². The summed E-state index contributed by atoms with van der Waals surface area (Å²) in [5.41, 5.74) is 2.02. The summed E-state index contributed by atoms with van der Waals surface area (Å²) in [6, 6.07) is 10.0. The number of benzene rings is 2. The van der Waals surface area contributed by atoms with Gasteiger partial charge in [-0.15, -0.1) is 0 Å². The fourth-order valence-electron chi connectivity index (χ4n) is 4.48. The lowest BCUT2D eigenvalue weighted by Crippen LogP contribution is -2.36. The van der Waals surface area contributed by atoms with E-state index in [2.05, 4.69) is 15.8 Å². The van der Waals surface area contributed by atoms with Gasteiger partial charge in [0.1, 0.15) is 5.82 Å². The van der Waals surface area contributed by atoms with E-state index in [0.717, 1.165) is 19.4 Å². The SMILES string of the molecule is [B]C1(O)ONC(=O)c2cccc3[nH]c(-c4ccc(C5(C)CCCN5)c(F)c4)c1c23. The Hall–Kier alpha value is -2.68. The Labute approximate surface area is 167 Å². The van der Waals surface area contributed by atoms with Gasteiger partial charge >= 0.3 is 0 Å². The van der Waals surface area contributed by atoms with Crippen LogP contribution in [-0.4, -0.2) is 30.4 Å². The van der Waals surface area contributed by atoms with Crippen molar-refractivity contribution in [1.29, 1.82) is 0 Å². The van der Waals surface area contributed by atoms with Crippen molar-refractivity contribution in [3.8, 4) is 11.3 Å². The predicted octanol–water partition coefficient (Wildman–Crippen LogP) is 2.52. The monoisotopic (exact) mass is 391 g/mol. The number of aliphatic hydroxyl groups is 1. The van der Waals surface area contributed by atoms with Crippen LogP contribution >= 0.6 is 0 Å². The molecule has 2 atom stereocenters. The zero-order valence-corrected chi connectivity index (χ0v) is 15.8. The maximum atomic E-state index is 15.1. The van der Waals surface area contributed by atoms with Crippen LogP contribution in [0.1, 0.15) is 41.3 Å². The largest absolute Gasteiger partial charge is 0.368 e. The van der Waals surface area contributed by atoms with Crippen molar-refractivity contribution in [3.63, 3.8) is 0 Å². The zero-order chi connectivity index (χ0) is 20.4. The molecule has 6 nitrogen and oxygen atoms in total. The number of aromatic nitrogens is 1. The zero-order valence-electron chi connectivity index (χ0n) is 15.8. The van der Waals surface area contributed by atoms with E-state index >= 15 is 4.39 Å². The molecule has 5 rings (SSSR count). The summed E-state index contributed by atoms with van der Waals surface area (Å²) in [4.78, 5) is 20.5. The first kappa shape index (κ1) is 18.4. The molecule has 1 fully saturated rings. The summed E-state index contributed by atoms with van der Waals surface area (Å²) >= 11 is 0. The van der Waals surface area contributed by atoms with Crippen LogP contribution in [0.4, 0.5) is 4.39 Å². The third-order valence-corrected chi connectivity index (χ3v) is 5.95. The fourth-order valence-corrected chi connectivity index (χ4v) is 4.48. The summed E-state index contributed by atoms with van der Waals surface area (Å²) in [5.74, 6) is -0.875. The first-order valence-corrected chi connectivity index (χ1v) is 9.50. The highest BCUT2D eigenvalue weighted by molar-refractivity contribution is 6.19. The molecule has 0 saturated carbocycles.